The fourth-order valence-corrected chi connectivity index (χ4v) is 2.69. The number of hydrogen-bond donors (Lipinski definition) is 0. The van der Waals surface area contributed by atoms with E-state index in [1.54, 1.807) is 0 Å². The van der Waals surface area contributed by atoms with E-state index in [2.05, 4.69) is 83.1 Å². The van der Waals surface area contributed by atoms with Crippen LogP contribution in [-0.2, 0) is 196 Å². The maximum atomic E-state index is 2.41. The molecule has 0 amide bonds. The first kappa shape index (κ1) is 71.2. The van der Waals surface area contributed by atoms with Crippen LogP contribution in [0.1, 0.15) is 117 Å². The molecule has 31 heavy (non-hydrogen) atoms. The van der Waals surface area contributed by atoms with E-state index in [0.29, 0.717) is 16.2 Å². The average Bonchev–Trinajstić information content (AvgIpc) is 2.24. The minimum Gasteiger partial charge on any atom is -0.358 e. The quantitative estimate of drug-likeness (QED) is 0.243. The fourth-order valence-electron chi connectivity index (χ4n) is 2.69. The van der Waals surface area contributed by atoms with Crippen LogP contribution in [0.15, 0.2) is 0 Å². The third-order valence-electron chi connectivity index (χ3n) is 3.46. The van der Waals surface area contributed by atoms with E-state index in [-0.39, 0.29) is 204 Å². The Balaban J connectivity index is -0.0000000226. The molecule has 0 rings (SSSR count). The summed E-state index contributed by atoms with van der Waals surface area (Å²) >= 11 is 0. The van der Waals surface area contributed by atoms with Crippen molar-refractivity contribution >= 4 is 0 Å². The van der Waals surface area contributed by atoms with Crippen LogP contribution in [0, 0.1) is 48.3 Å². The van der Waals surface area contributed by atoms with Gasteiger partial charge in [-0.05, 0) is 28.6 Å². The summed E-state index contributed by atoms with van der Waals surface area (Å²) in [6.07, 6.45) is 5.29. The summed E-state index contributed by atoms with van der Waals surface area (Å²) < 4.78 is 0. The molecule has 178 valence electrons. The first-order chi connectivity index (χ1) is 10.4. The second-order valence-corrected chi connectivity index (χ2v) is 10.5. The summed E-state index contributed by atoms with van der Waals surface area (Å²) in [7, 11) is 0. The summed E-state index contributed by atoms with van der Waals surface area (Å²) in [4.78, 5) is 0. The fraction of sp³-hybridized carbons (Fsp3) is 0.840. The van der Waals surface area contributed by atoms with E-state index < -0.39 is 0 Å². The first-order valence-corrected chi connectivity index (χ1v) is 9.67. The summed E-state index contributed by atoms with van der Waals surface area (Å²) in [6.45, 7) is 35.5. The van der Waals surface area contributed by atoms with Crippen LogP contribution in [0.25, 0.3) is 0 Å². The van der Waals surface area contributed by atoms with Gasteiger partial charge in [0, 0.05) is 196 Å². The van der Waals surface area contributed by atoms with Gasteiger partial charge < -0.3 is 26.2 Å². The van der Waals surface area contributed by atoms with E-state index >= 15 is 0 Å². The van der Waals surface area contributed by atoms with Crippen molar-refractivity contribution in [3.63, 3.8) is 0 Å². The van der Waals surface area contributed by atoms with Crippen molar-refractivity contribution in [2.75, 3.05) is 0 Å². The van der Waals surface area contributed by atoms with Gasteiger partial charge in [0.05, 0.1) is 0 Å². The zero-order valence-corrected chi connectivity index (χ0v) is 41.9. The molecule has 0 aromatic heterocycles. The summed E-state index contributed by atoms with van der Waals surface area (Å²) in [5.41, 5.74) is 1.27. The molecule has 1 unspecified atom stereocenters. The Morgan fingerprint density at radius 3 is 0.871 bits per heavy atom. The van der Waals surface area contributed by atoms with Crippen molar-refractivity contribution in [3.8, 4) is 0 Å². The Morgan fingerprint density at radius 2 is 0.774 bits per heavy atom. The van der Waals surface area contributed by atoms with E-state index in [1.807, 2.05) is 40.5 Å². The van der Waals surface area contributed by atoms with E-state index in [1.165, 1.54) is 12.3 Å². The van der Waals surface area contributed by atoms with Crippen molar-refractivity contribution in [2.45, 2.75) is 117 Å². The summed E-state index contributed by atoms with van der Waals surface area (Å²) in [5, 5.41) is 0. The van der Waals surface area contributed by atoms with Crippen molar-refractivity contribution in [3.05, 3.63) is 26.2 Å². The van der Waals surface area contributed by atoms with Crippen LogP contribution in [0.5, 0.6) is 0 Å². The molecule has 0 saturated heterocycles. The van der Waals surface area contributed by atoms with Gasteiger partial charge in [0.25, 0.3) is 0 Å². The van der Waals surface area contributed by atoms with Crippen molar-refractivity contribution in [1.29, 1.82) is 0 Å². The Morgan fingerprint density at radius 1 is 0.613 bits per heavy atom. The molecule has 0 aliphatic heterocycles. The Labute approximate surface area is 354 Å². The molecular weight excluding hydrogens is 834 g/mol. The van der Waals surface area contributed by atoms with Crippen LogP contribution in [0.4, 0.5) is 0 Å². The zero-order valence-electron chi connectivity index (χ0n) is 24.9. The van der Waals surface area contributed by atoms with Crippen LogP contribution in [-0.4, -0.2) is 0 Å². The standard InChI is InChI=1S/C14H30.C4H9.2C3H7.CH3.6Y/c1-11(13(5,6)7)14(8,9)10-12(2,3)4;1-4(2)3;2*1-3-2;;;;;;;/h11H,10H2,1-9H3;1-3H3;2*3H,1-2H3;1H3;;;;;;/q;4*-1;;;;;;. The molecule has 1 atom stereocenters. The van der Waals surface area contributed by atoms with Gasteiger partial charge in [-0.3, -0.25) is 0 Å². The van der Waals surface area contributed by atoms with Gasteiger partial charge in [-0.1, -0.05) is 62.3 Å². The van der Waals surface area contributed by atoms with Crippen molar-refractivity contribution < 1.29 is 196 Å². The molecule has 0 aliphatic carbocycles. The molecule has 0 fully saturated rings. The average molecular weight is 890 g/mol. The van der Waals surface area contributed by atoms with Gasteiger partial charge in [0.1, 0.15) is 0 Å². The Bertz CT molecular complexity index is 249. The second kappa shape index (κ2) is 41.1. The molecule has 0 aromatic carbocycles. The maximum Gasteiger partial charge on any atom is 0 e. The molecule has 0 spiro atoms. The van der Waals surface area contributed by atoms with Crippen LogP contribution < -0.4 is 0 Å². The summed E-state index contributed by atoms with van der Waals surface area (Å²) in [6, 6.07) is 0. The molecule has 0 nitrogen and oxygen atoms in total. The van der Waals surface area contributed by atoms with Gasteiger partial charge >= 0.3 is 0 Å². The molecule has 0 heterocycles. The van der Waals surface area contributed by atoms with E-state index in [4.69, 9.17) is 0 Å². The first-order valence-electron chi connectivity index (χ1n) is 9.67. The molecule has 0 aliphatic rings. The van der Waals surface area contributed by atoms with Gasteiger partial charge in [-0.2, -0.15) is 48.5 Å². The Kier molecular flexibility index (Phi) is 94.4. The maximum absolute atomic E-state index is 2.41. The molecule has 0 saturated carbocycles. The summed E-state index contributed by atoms with van der Waals surface area (Å²) in [5.74, 6) is 2.16. The van der Waals surface area contributed by atoms with E-state index in [9.17, 15) is 0 Å². The van der Waals surface area contributed by atoms with Gasteiger partial charge in [0.2, 0.25) is 0 Å². The molecule has 0 N–H and O–H groups in total. The van der Waals surface area contributed by atoms with Crippen LogP contribution in [0.2, 0.25) is 0 Å². The zero-order chi connectivity index (χ0) is 20.8. The predicted molar refractivity (Wildman–Crippen MR) is 124 cm³/mol. The van der Waals surface area contributed by atoms with Gasteiger partial charge in [-0.25, -0.2) is 0 Å². The smallest absolute Gasteiger partial charge is 0 e. The third kappa shape index (κ3) is 72.4. The van der Waals surface area contributed by atoms with Gasteiger partial charge in [-0.15, -0.1) is 0 Å². The SMILES string of the molecule is CC(C(C)(C)C)C(C)(C)CC(C)(C)C.C[C-](C)C.C[CH-]C.C[CH-]C.[CH3-].[Y].[Y].[Y].[Y].[Y].[Y]. The number of rotatable bonds is 2. The molecule has 0 aromatic rings. The minimum atomic E-state index is 0. The van der Waals surface area contributed by atoms with Crippen LogP contribution >= 0.6 is 0 Å². The van der Waals surface area contributed by atoms with E-state index in [0.717, 1.165) is 5.92 Å². The van der Waals surface area contributed by atoms with Gasteiger partial charge in [0.15, 0.2) is 0 Å². The van der Waals surface area contributed by atoms with Crippen molar-refractivity contribution in [2.24, 2.45) is 22.2 Å². The van der Waals surface area contributed by atoms with Crippen LogP contribution in [0.3, 0.4) is 0 Å². The molecular formula is C25H56Y6-4. The Hall–Kier alpha value is 6.62. The molecule has 6 heteroatoms. The second-order valence-electron chi connectivity index (χ2n) is 10.5. The molecule has 0 bridgehead atoms. The van der Waals surface area contributed by atoms with Crippen molar-refractivity contribution in [1.82, 2.24) is 0 Å². The number of hydrogen-bond acceptors (Lipinski definition) is 0. The minimum absolute atomic E-state index is 0. The largest absolute Gasteiger partial charge is 0.358 e. The topological polar surface area (TPSA) is 0 Å². The third-order valence-corrected chi connectivity index (χ3v) is 3.46. The monoisotopic (exact) mass is 890 g/mol. The molecule has 6 radical (unpaired) electrons. The normalized spacial score (nSPS) is 9.97. The predicted octanol–water partition coefficient (Wildman–Crippen LogP) is 9.65.